The maximum absolute atomic E-state index is 13.8. The fourth-order valence-corrected chi connectivity index (χ4v) is 6.54. The second-order valence-electron chi connectivity index (χ2n) is 10.9. The zero-order valence-corrected chi connectivity index (χ0v) is 26.1. The number of hydrogen-bond donors (Lipinski definition) is 3. The van der Waals surface area contributed by atoms with Crippen LogP contribution in [0.5, 0.6) is 17.2 Å². The van der Waals surface area contributed by atoms with E-state index in [0.29, 0.717) is 47.8 Å². The van der Waals surface area contributed by atoms with Crippen molar-refractivity contribution in [3.8, 4) is 28.4 Å². The fourth-order valence-electron chi connectivity index (χ4n) is 6.07. The zero-order chi connectivity index (χ0) is 30.2. The summed E-state index contributed by atoms with van der Waals surface area (Å²) in [5.41, 5.74) is 3.24. The van der Waals surface area contributed by atoms with Gasteiger partial charge in [0.2, 0.25) is 23.0 Å². The molecular formula is C32H43N3O6S. The average molecular weight is 598 g/mol. The van der Waals surface area contributed by atoms with Gasteiger partial charge < -0.3 is 30.2 Å². The first-order valence-corrected chi connectivity index (χ1v) is 16.0. The number of fused-ring (bicyclic) bond motifs is 3. The first-order chi connectivity index (χ1) is 20.3. The number of anilines is 1. The minimum absolute atomic E-state index is 0.0802. The summed E-state index contributed by atoms with van der Waals surface area (Å²) in [5.74, 6) is 1.99. The van der Waals surface area contributed by atoms with Crippen LogP contribution in [0.2, 0.25) is 0 Å². The number of aryl methyl sites for hydroxylation is 1. The van der Waals surface area contributed by atoms with Crippen molar-refractivity contribution in [1.29, 1.82) is 0 Å². The highest BCUT2D eigenvalue weighted by Gasteiger charge is 2.30. The van der Waals surface area contributed by atoms with Crippen molar-refractivity contribution in [3.63, 3.8) is 0 Å². The van der Waals surface area contributed by atoms with E-state index in [2.05, 4.69) is 16.0 Å². The van der Waals surface area contributed by atoms with Crippen LogP contribution in [0.3, 0.4) is 0 Å². The third-order valence-corrected chi connectivity index (χ3v) is 8.77. The Morgan fingerprint density at radius 3 is 2.36 bits per heavy atom. The highest BCUT2D eigenvalue weighted by Crippen LogP contribution is 2.50. The minimum atomic E-state index is -0.549. The number of carbonyl (C=O) groups is 2. The fraction of sp³-hybridized carbons (Fsp3) is 0.531. The van der Waals surface area contributed by atoms with Gasteiger partial charge in [0.1, 0.15) is 6.04 Å². The van der Waals surface area contributed by atoms with Gasteiger partial charge in [-0.3, -0.25) is 14.4 Å². The number of rotatable bonds is 11. The molecule has 9 nitrogen and oxygen atoms in total. The van der Waals surface area contributed by atoms with Gasteiger partial charge in [-0.25, -0.2) is 0 Å². The Morgan fingerprint density at radius 2 is 1.71 bits per heavy atom. The van der Waals surface area contributed by atoms with Crippen molar-refractivity contribution in [2.24, 2.45) is 0 Å². The quantitative estimate of drug-likeness (QED) is 0.337. The van der Waals surface area contributed by atoms with Crippen molar-refractivity contribution in [2.75, 3.05) is 38.7 Å². The maximum atomic E-state index is 13.8. The Balaban J connectivity index is 1.81. The van der Waals surface area contributed by atoms with E-state index in [1.54, 1.807) is 45.2 Å². The zero-order valence-electron chi connectivity index (χ0n) is 25.3. The van der Waals surface area contributed by atoms with Crippen LogP contribution < -0.4 is 35.6 Å². The van der Waals surface area contributed by atoms with Gasteiger partial charge in [-0.2, -0.15) is 11.8 Å². The molecule has 0 aromatic heterocycles. The Kier molecular flexibility index (Phi) is 11.0. The third kappa shape index (κ3) is 7.14. The molecular weight excluding hydrogens is 554 g/mol. The summed E-state index contributed by atoms with van der Waals surface area (Å²) in [4.78, 5) is 39.4. The summed E-state index contributed by atoms with van der Waals surface area (Å²) in [6.07, 6.45) is 9.20. The predicted octanol–water partition coefficient (Wildman–Crippen LogP) is 4.85. The SMILES string of the molecule is COc1cc2c(c(OC)c1OC)-c1ccc(NC(CCSC)C(=O)NC3CCCCC3)c(=O)cc1C(NC(C)=O)CC2. The largest absolute Gasteiger partial charge is 0.493 e. The minimum Gasteiger partial charge on any atom is -0.493 e. The van der Waals surface area contributed by atoms with Crippen molar-refractivity contribution < 1.29 is 23.8 Å². The van der Waals surface area contributed by atoms with E-state index in [4.69, 9.17) is 14.2 Å². The van der Waals surface area contributed by atoms with Gasteiger partial charge in [0.15, 0.2) is 11.5 Å². The van der Waals surface area contributed by atoms with Crippen molar-refractivity contribution in [2.45, 2.75) is 76.4 Å². The summed E-state index contributed by atoms with van der Waals surface area (Å²) in [5, 5.41) is 9.53. The number of ether oxygens (including phenoxy) is 3. The number of methoxy groups -OCH3 is 3. The molecule has 0 radical (unpaired) electrons. The second kappa shape index (κ2) is 14.7. The van der Waals surface area contributed by atoms with Crippen molar-refractivity contribution in [3.05, 3.63) is 45.6 Å². The first kappa shape index (κ1) is 31.5. The lowest BCUT2D eigenvalue weighted by Gasteiger charge is -2.26. The Labute approximate surface area is 252 Å². The van der Waals surface area contributed by atoms with E-state index >= 15 is 0 Å². The Hall–Kier alpha value is -3.40. The first-order valence-electron chi connectivity index (χ1n) is 14.6. The van der Waals surface area contributed by atoms with E-state index in [0.717, 1.165) is 48.1 Å². The molecule has 2 atom stereocenters. The van der Waals surface area contributed by atoms with Crippen LogP contribution in [0.15, 0.2) is 29.1 Å². The van der Waals surface area contributed by atoms with Crippen LogP contribution in [0.25, 0.3) is 11.1 Å². The number of carbonyl (C=O) groups excluding carboxylic acids is 2. The van der Waals surface area contributed by atoms with Crippen LogP contribution in [-0.2, 0) is 16.0 Å². The van der Waals surface area contributed by atoms with Crippen LogP contribution in [0.1, 0.15) is 69.0 Å². The molecule has 2 unspecified atom stereocenters. The van der Waals surface area contributed by atoms with Gasteiger partial charge in [0, 0.05) is 18.5 Å². The second-order valence-corrected chi connectivity index (χ2v) is 11.9. The molecule has 42 heavy (non-hydrogen) atoms. The lowest BCUT2D eigenvalue weighted by Crippen LogP contribution is -2.46. The summed E-state index contributed by atoms with van der Waals surface area (Å²) >= 11 is 1.66. The van der Waals surface area contributed by atoms with Crippen molar-refractivity contribution in [1.82, 2.24) is 10.6 Å². The highest BCUT2D eigenvalue weighted by molar-refractivity contribution is 7.98. The number of benzene rings is 1. The number of thioether (sulfide) groups is 1. The van der Waals surface area contributed by atoms with E-state index in [1.165, 1.54) is 13.3 Å². The molecule has 0 bridgehead atoms. The molecule has 1 saturated carbocycles. The predicted molar refractivity (Wildman–Crippen MR) is 168 cm³/mol. The van der Waals surface area contributed by atoms with Gasteiger partial charge in [0.25, 0.3) is 0 Å². The molecule has 0 saturated heterocycles. The molecule has 0 heterocycles. The Bertz CT molecular complexity index is 1340. The van der Waals surface area contributed by atoms with E-state index in [-0.39, 0.29) is 23.3 Å². The van der Waals surface area contributed by atoms with E-state index in [1.807, 2.05) is 18.4 Å². The molecule has 2 aromatic rings. The Morgan fingerprint density at radius 1 is 0.976 bits per heavy atom. The number of nitrogens with one attached hydrogen (secondary N) is 3. The molecule has 0 aliphatic heterocycles. The average Bonchev–Trinajstić information content (AvgIpc) is 3.22. The van der Waals surface area contributed by atoms with Crippen molar-refractivity contribution >= 4 is 29.3 Å². The summed E-state index contributed by atoms with van der Waals surface area (Å²) in [6, 6.07) is 6.33. The molecule has 2 aliphatic rings. The van der Waals surface area contributed by atoms with Crippen LogP contribution >= 0.6 is 11.8 Å². The van der Waals surface area contributed by atoms with Gasteiger partial charge >= 0.3 is 0 Å². The lowest BCUT2D eigenvalue weighted by molar-refractivity contribution is -0.123. The molecule has 2 amide bonds. The standard InChI is InChI=1S/C32H43N3O6S/c1-19(36)33-24-13-11-20-17-28(39-2)30(40-3)31(41-4)29(20)22-12-14-25(27(37)18-23(22)24)35-26(15-16-42-5)32(38)34-21-9-7-6-8-10-21/h12,14,17-18,21,24,26H,6-11,13,15-16H2,1-5H3,(H,33,36)(H,34,38)(H,35,37). The summed E-state index contributed by atoms with van der Waals surface area (Å²) < 4.78 is 17.1. The number of hydrogen-bond acceptors (Lipinski definition) is 8. The summed E-state index contributed by atoms with van der Waals surface area (Å²) in [7, 11) is 4.71. The smallest absolute Gasteiger partial charge is 0.242 e. The molecule has 10 heteroatoms. The highest BCUT2D eigenvalue weighted by atomic mass is 32.2. The third-order valence-electron chi connectivity index (χ3n) is 8.12. The van der Waals surface area contributed by atoms with Crippen LogP contribution in [0.4, 0.5) is 5.69 Å². The molecule has 0 spiro atoms. The monoisotopic (exact) mass is 597 g/mol. The van der Waals surface area contributed by atoms with Gasteiger partial charge in [0.05, 0.1) is 33.1 Å². The topological polar surface area (TPSA) is 115 Å². The molecule has 2 aromatic carbocycles. The number of amides is 2. The van der Waals surface area contributed by atoms with E-state index in [9.17, 15) is 14.4 Å². The summed E-state index contributed by atoms with van der Waals surface area (Å²) in [6.45, 7) is 1.47. The van der Waals surface area contributed by atoms with Gasteiger partial charge in [-0.05, 0) is 79.0 Å². The van der Waals surface area contributed by atoms with Crippen LogP contribution in [0, 0.1) is 0 Å². The molecule has 228 valence electrons. The molecule has 2 aliphatic carbocycles. The normalized spacial score (nSPS) is 17.1. The maximum Gasteiger partial charge on any atom is 0.242 e. The van der Waals surface area contributed by atoms with Crippen LogP contribution in [-0.4, -0.2) is 57.2 Å². The van der Waals surface area contributed by atoms with E-state index < -0.39 is 12.1 Å². The van der Waals surface area contributed by atoms with Gasteiger partial charge in [-0.15, -0.1) is 0 Å². The lowest BCUT2D eigenvalue weighted by atomic mass is 9.95. The molecule has 1 fully saturated rings. The van der Waals surface area contributed by atoms with Gasteiger partial charge in [-0.1, -0.05) is 25.3 Å². The molecule has 4 rings (SSSR count). The molecule has 3 N–H and O–H groups in total.